The average molecular weight is 253 g/mol. The fraction of sp³-hybridized carbons (Fsp3) is 0.769. The standard InChI is InChI=1S/C13H23N3S/c1-10-11(9-14)17-12(15-10)16-7-4-5-13(2,3)6-8-16/h4-9,14H2,1-3H3. The zero-order valence-electron chi connectivity index (χ0n) is 11.1. The number of hydrogen-bond donors (Lipinski definition) is 1. The number of thiazole rings is 1. The summed E-state index contributed by atoms with van der Waals surface area (Å²) in [6, 6.07) is 0. The van der Waals surface area contributed by atoms with E-state index in [1.54, 1.807) is 11.3 Å². The van der Waals surface area contributed by atoms with E-state index in [9.17, 15) is 0 Å². The third-order valence-electron chi connectivity index (χ3n) is 3.68. The molecule has 17 heavy (non-hydrogen) atoms. The zero-order valence-corrected chi connectivity index (χ0v) is 11.9. The van der Waals surface area contributed by atoms with Gasteiger partial charge in [-0.2, -0.15) is 0 Å². The summed E-state index contributed by atoms with van der Waals surface area (Å²) in [6.45, 7) is 9.68. The Morgan fingerprint density at radius 3 is 2.76 bits per heavy atom. The molecule has 1 saturated heterocycles. The van der Waals surface area contributed by atoms with Crippen molar-refractivity contribution in [1.82, 2.24) is 4.98 Å². The van der Waals surface area contributed by atoms with Crippen molar-refractivity contribution in [2.75, 3.05) is 18.0 Å². The molecule has 1 aliphatic rings. The Labute approximate surface area is 108 Å². The summed E-state index contributed by atoms with van der Waals surface area (Å²) >= 11 is 1.77. The van der Waals surface area contributed by atoms with Gasteiger partial charge in [0.1, 0.15) is 0 Å². The molecule has 0 radical (unpaired) electrons. The molecule has 0 unspecified atom stereocenters. The number of nitrogens with two attached hydrogens (primary N) is 1. The lowest BCUT2D eigenvalue weighted by Crippen LogP contribution is -2.24. The van der Waals surface area contributed by atoms with Crippen molar-refractivity contribution in [2.45, 2.75) is 46.6 Å². The van der Waals surface area contributed by atoms with Crippen LogP contribution in [0.2, 0.25) is 0 Å². The molecule has 0 spiro atoms. The third kappa shape index (κ3) is 2.99. The molecule has 0 saturated carbocycles. The number of aryl methyl sites for hydroxylation is 1. The van der Waals surface area contributed by atoms with Crippen LogP contribution in [0.1, 0.15) is 43.7 Å². The van der Waals surface area contributed by atoms with Gasteiger partial charge in [0.15, 0.2) is 5.13 Å². The Balaban J connectivity index is 2.11. The van der Waals surface area contributed by atoms with Gasteiger partial charge in [0, 0.05) is 24.5 Å². The van der Waals surface area contributed by atoms with Gasteiger partial charge in [0.05, 0.1) is 5.69 Å². The SMILES string of the molecule is Cc1nc(N2CCCC(C)(C)CC2)sc1CN. The molecule has 1 aromatic rings. The minimum Gasteiger partial charge on any atom is -0.348 e. The lowest BCUT2D eigenvalue weighted by atomic mass is 9.85. The van der Waals surface area contributed by atoms with Crippen LogP contribution in [0.15, 0.2) is 0 Å². The van der Waals surface area contributed by atoms with Crippen molar-refractivity contribution in [3.8, 4) is 0 Å². The predicted octanol–water partition coefficient (Wildman–Crippen LogP) is 2.93. The van der Waals surface area contributed by atoms with Crippen LogP contribution < -0.4 is 10.6 Å². The molecule has 0 amide bonds. The van der Waals surface area contributed by atoms with Gasteiger partial charge in [-0.25, -0.2) is 4.98 Å². The van der Waals surface area contributed by atoms with Gasteiger partial charge < -0.3 is 10.6 Å². The molecule has 0 atom stereocenters. The summed E-state index contributed by atoms with van der Waals surface area (Å²) in [4.78, 5) is 8.32. The summed E-state index contributed by atoms with van der Waals surface area (Å²) < 4.78 is 0. The van der Waals surface area contributed by atoms with Gasteiger partial charge in [-0.1, -0.05) is 13.8 Å². The number of rotatable bonds is 2. The minimum atomic E-state index is 0.484. The zero-order chi connectivity index (χ0) is 12.5. The summed E-state index contributed by atoms with van der Waals surface area (Å²) in [7, 11) is 0. The Morgan fingerprint density at radius 1 is 1.35 bits per heavy atom. The minimum absolute atomic E-state index is 0.484. The Kier molecular flexibility index (Phi) is 3.73. The molecule has 0 aliphatic carbocycles. The van der Waals surface area contributed by atoms with Gasteiger partial charge in [-0.15, -0.1) is 11.3 Å². The van der Waals surface area contributed by atoms with Crippen LogP contribution in [-0.2, 0) is 6.54 Å². The lowest BCUT2D eigenvalue weighted by molar-refractivity contribution is 0.325. The molecule has 1 aromatic heterocycles. The highest BCUT2D eigenvalue weighted by Gasteiger charge is 2.24. The monoisotopic (exact) mass is 253 g/mol. The molecule has 1 aliphatic heterocycles. The van der Waals surface area contributed by atoms with Gasteiger partial charge in [-0.3, -0.25) is 0 Å². The first-order valence-electron chi connectivity index (χ1n) is 6.43. The molecule has 2 heterocycles. The van der Waals surface area contributed by atoms with E-state index in [1.165, 1.54) is 29.3 Å². The normalized spacial score (nSPS) is 20.4. The number of anilines is 1. The molecule has 4 heteroatoms. The van der Waals surface area contributed by atoms with Gasteiger partial charge in [-0.05, 0) is 31.6 Å². The molecule has 2 N–H and O–H groups in total. The van der Waals surface area contributed by atoms with Crippen molar-refractivity contribution < 1.29 is 0 Å². The lowest BCUT2D eigenvalue weighted by Gasteiger charge is -2.22. The molecule has 96 valence electrons. The molecule has 2 rings (SSSR count). The molecule has 1 fully saturated rings. The second kappa shape index (κ2) is 4.94. The van der Waals surface area contributed by atoms with Crippen LogP contribution in [0.3, 0.4) is 0 Å². The topological polar surface area (TPSA) is 42.2 Å². The number of aromatic nitrogens is 1. The predicted molar refractivity (Wildman–Crippen MR) is 74.6 cm³/mol. The van der Waals surface area contributed by atoms with Gasteiger partial charge in [0.25, 0.3) is 0 Å². The largest absolute Gasteiger partial charge is 0.348 e. The van der Waals surface area contributed by atoms with E-state index in [1.807, 2.05) is 0 Å². The first kappa shape index (κ1) is 12.8. The van der Waals surface area contributed by atoms with Crippen molar-refractivity contribution in [3.63, 3.8) is 0 Å². The number of hydrogen-bond acceptors (Lipinski definition) is 4. The van der Waals surface area contributed by atoms with Crippen LogP contribution >= 0.6 is 11.3 Å². The number of nitrogens with zero attached hydrogens (tertiary/aromatic N) is 2. The average Bonchev–Trinajstić information content (AvgIpc) is 2.54. The van der Waals surface area contributed by atoms with E-state index in [0.717, 1.165) is 18.8 Å². The highest BCUT2D eigenvalue weighted by Crippen LogP contribution is 2.33. The van der Waals surface area contributed by atoms with Crippen molar-refractivity contribution in [3.05, 3.63) is 10.6 Å². The van der Waals surface area contributed by atoms with Crippen LogP contribution in [0.5, 0.6) is 0 Å². The van der Waals surface area contributed by atoms with E-state index >= 15 is 0 Å². The van der Waals surface area contributed by atoms with Crippen molar-refractivity contribution >= 4 is 16.5 Å². The van der Waals surface area contributed by atoms with Gasteiger partial charge in [0.2, 0.25) is 0 Å². The van der Waals surface area contributed by atoms with Gasteiger partial charge >= 0.3 is 0 Å². The van der Waals surface area contributed by atoms with Crippen molar-refractivity contribution in [1.29, 1.82) is 0 Å². The molecule has 3 nitrogen and oxygen atoms in total. The second-order valence-electron chi connectivity index (χ2n) is 5.71. The summed E-state index contributed by atoms with van der Waals surface area (Å²) in [5.41, 5.74) is 7.31. The highest BCUT2D eigenvalue weighted by molar-refractivity contribution is 7.15. The maximum Gasteiger partial charge on any atom is 0.185 e. The summed E-state index contributed by atoms with van der Waals surface area (Å²) in [5, 5.41) is 1.17. The molecular formula is C13H23N3S. The van der Waals surface area contributed by atoms with Crippen molar-refractivity contribution in [2.24, 2.45) is 11.1 Å². The quantitative estimate of drug-likeness (QED) is 0.881. The Morgan fingerprint density at radius 2 is 2.12 bits per heavy atom. The van der Waals surface area contributed by atoms with Crippen LogP contribution in [0, 0.1) is 12.3 Å². The smallest absolute Gasteiger partial charge is 0.185 e. The fourth-order valence-electron chi connectivity index (χ4n) is 2.35. The Hall–Kier alpha value is -0.610. The van der Waals surface area contributed by atoms with Crippen LogP contribution in [0.4, 0.5) is 5.13 Å². The summed E-state index contributed by atoms with van der Waals surface area (Å²) in [5.74, 6) is 0. The van der Waals surface area contributed by atoms with Crippen LogP contribution in [0.25, 0.3) is 0 Å². The van der Waals surface area contributed by atoms with Crippen LogP contribution in [-0.4, -0.2) is 18.1 Å². The molecule has 0 bridgehead atoms. The van der Waals surface area contributed by atoms with E-state index in [-0.39, 0.29) is 0 Å². The first-order chi connectivity index (χ1) is 8.02. The highest BCUT2D eigenvalue weighted by atomic mass is 32.1. The first-order valence-corrected chi connectivity index (χ1v) is 7.25. The maximum atomic E-state index is 5.72. The second-order valence-corrected chi connectivity index (χ2v) is 6.78. The summed E-state index contributed by atoms with van der Waals surface area (Å²) in [6.07, 6.45) is 3.84. The van der Waals surface area contributed by atoms with E-state index in [4.69, 9.17) is 5.73 Å². The molecule has 0 aromatic carbocycles. The Bertz CT molecular complexity index is 384. The third-order valence-corrected chi connectivity index (χ3v) is 4.92. The fourth-order valence-corrected chi connectivity index (χ4v) is 3.34. The molecular weight excluding hydrogens is 230 g/mol. The maximum absolute atomic E-state index is 5.72. The van der Waals surface area contributed by atoms with E-state index in [2.05, 4.69) is 30.7 Å². The van der Waals surface area contributed by atoms with E-state index in [0.29, 0.717) is 12.0 Å². The van der Waals surface area contributed by atoms with E-state index < -0.39 is 0 Å².